The van der Waals surface area contributed by atoms with Crippen LogP contribution in [0.3, 0.4) is 0 Å². The quantitative estimate of drug-likeness (QED) is 0.697. The molecule has 0 saturated heterocycles. The molecule has 1 aromatic carbocycles. The van der Waals surface area contributed by atoms with Crippen molar-refractivity contribution >= 4 is 17.6 Å². The Hall–Kier alpha value is -1.26. The molecule has 0 aliphatic rings. The number of hydrogen-bond acceptors (Lipinski definition) is 3. The van der Waals surface area contributed by atoms with Crippen molar-refractivity contribution in [3.8, 4) is 5.75 Å². The SMILES string of the molecule is Cc1cc(Cl)cc(C(N)C(=O)O)c1O. The number of aliphatic carboxylic acids is 1. The molecule has 76 valence electrons. The second-order valence-electron chi connectivity index (χ2n) is 2.98. The van der Waals surface area contributed by atoms with Crippen molar-refractivity contribution in [1.82, 2.24) is 0 Å². The number of phenols is 1. The van der Waals surface area contributed by atoms with Crippen molar-refractivity contribution < 1.29 is 15.0 Å². The smallest absolute Gasteiger partial charge is 0.325 e. The van der Waals surface area contributed by atoms with Crippen LogP contribution in [0.15, 0.2) is 12.1 Å². The Morgan fingerprint density at radius 1 is 1.57 bits per heavy atom. The molecule has 0 fully saturated rings. The maximum atomic E-state index is 10.6. The molecule has 0 radical (unpaired) electrons. The summed E-state index contributed by atoms with van der Waals surface area (Å²) in [7, 11) is 0. The van der Waals surface area contributed by atoms with Gasteiger partial charge < -0.3 is 15.9 Å². The van der Waals surface area contributed by atoms with Crippen molar-refractivity contribution in [3.05, 3.63) is 28.3 Å². The van der Waals surface area contributed by atoms with Crippen LogP contribution in [-0.4, -0.2) is 16.2 Å². The summed E-state index contributed by atoms with van der Waals surface area (Å²) in [5, 5.41) is 18.6. The number of carboxylic acid groups (broad SMARTS) is 1. The highest BCUT2D eigenvalue weighted by Crippen LogP contribution is 2.30. The first-order valence-corrected chi connectivity index (χ1v) is 4.28. The summed E-state index contributed by atoms with van der Waals surface area (Å²) in [6.07, 6.45) is 0. The molecule has 0 aliphatic carbocycles. The van der Waals surface area contributed by atoms with Gasteiger partial charge in [-0.3, -0.25) is 4.79 Å². The average Bonchev–Trinajstić information content (AvgIpc) is 2.09. The third kappa shape index (κ3) is 1.97. The van der Waals surface area contributed by atoms with Crippen LogP contribution in [0.4, 0.5) is 0 Å². The molecule has 1 atom stereocenters. The number of nitrogens with two attached hydrogens (primary N) is 1. The molecule has 0 spiro atoms. The molecule has 0 aromatic heterocycles. The normalized spacial score (nSPS) is 12.5. The Balaban J connectivity index is 3.26. The van der Waals surface area contributed by atoms with Gasteiger partial charge in [-0.05, 0) is 24.6 Å². The summed E-state index contributed by atoms with van der Waals surface area (Å²) < 4.78 is 0. The minimum atomic E-state index is -1.26. The number of hydrogen-bond donors (Lipinski definition) is 3. The van der Waals surface area contributed by atoms with Crippen molar-refractivity contribution in [2.75, 3.05) is 0 Å². The van der Waals surface area contributed by atoms with E-state index in [9.17, 15) is 9.90 Å². The van der Waals surface area contributed by atoms with E-state index >= 15 is 0 Å². The first kappa shape index (κ1) is 10.8. The van der Waals surface area contributed by atoms with Crippen molar-refractivity contribution in [2.24, 2.45) is 5.73 Å². The fourth-order valence-electron chi connectivity index (χ4n) is 1.13. The molecule has 14 heavy (non-hydrogen) atoms. The van der Waals surface area contributed by atoms with Gasteiger partial charge >= 0.3 is 5.97 Å². The first-order chi connectivity index (χ1) is 6.43. The summed E-state index contributed by atoms with van der Waals surface area (Å²) in [5.41, 5.74) is 5.99. The molecule has 0 bridgehead atoms. The monoisotopic (exact) mass is 215 g/mol. The predicted molar refractivity (Wildman–Crippen MR) is 52.4 cm³/mol. The summed E-state index contributed by atoms with van der Waals surface area (Å²) in [6.45, 7) is 1.62. The molecule has 0 aliphatic heterocycles. The zero-order valence-corrected chi connectivity index (χ0v) is 8.25. The fraction of sp³-hybridized carbons (Fsp3) is 0.222. The summed E-state index contributed by atoms with van der Waals surface area (Å²) in [4.78, 5) is 10.6. The van der Waals surface area contributed by atoms with E-state index in [1.807, 2.05) is 0 Å². The van der Waals surface area contributed by atoms with Gasteiger partial charge in [0.25, 0.3) is 0 Å². The number of benzene rings is 1. The second kappa shape index (κ2) is 3.86. The molecule has 1 unspecified atom stereocenters. The van der Waals surface area contributed by atoms with Crippen LogP contribution in [0.25, 0.3) is 0 Å². The molecule has 0 heterocycles. The zero-order chi connectivity index (χ0) is 10.9. The van der Waals surface area contributed by atoms with Crippen LogP contribution in [0.5, 0.6) is 5.75 Å². The van der Waals surface area contributed by atoms with Crippen molar-refractivity contribution in [1.29, 1.82) is 0 Å². The topological polar surface area (TPSA) is 83.6 Å². The summed E-state index contributed by atoms with van der Waals surface area (Å²) in [5.74, 6) is -1.33. The van der Waals surface area contributed by atoms with Crippen molar-refractivity contribution in [2.45, 2.75) is 13.0 Å². The average molecular weight is 216 g/mol. The first-order valence-electron chi connectivity index (χ1n) is 3.91. The van der Waals surface area contributed by atoms with E-state index in [1.54, 1.807) is 6.92 Å². The molecule has 1 aromatic rings. The predicted octanol–water partition coefficient (Wildman–Crippen LogP) is 1.44. The largest absolute Gasteiger partial charge is 0.507 e. The zero-order valence-electron chi connectivity index (χ0n) is 7.49. The molecule has 0 amide bonds. The number of carbonyl (C=O) groups is 1. The number of rotatable bonds is 2. The van der Waals surface area contributed by atoms with E-state index in [-0.39, 0.29) is 11.3 Å². The second-order valence-corrected chi connectivity index (χ2v) is 3.41. The molecule has 0 saturated carbocycles. The molecule has 1 rings (SSSR count). The Bertz CT molecular complexity index is 379. The minimum absolute atomic E-state index is 0.121. The highest BCUT2D eigenvalue weighted by molar-refractivity contribution is 6.30. The van der Waals surface area contributed by atoms with Gasteiger partial charge in [0.2, 0.25) is 0 Å². The van der Waals surface area contributed by atoms with E-state index in [0.717, 1.165) is 0 Å². The number of halogens is 1. The van der Waals surface area contributed by atoms with Crippen LogP contribution >= 0.6 is 11.6 Å². The lowest BCUT2D eigenvalue weighted by Gasteiger charge is -2.11. The van der Waals surface area contributed by atoms with E-state index in [1.165, 1.54) is 12.1 Å². The van der Waals surface area contributed by atoms with E-state index in [2.05, 4.69) is 0 Å². The van der Waals surface area contributed by atoms with Gasteiger partial charge in [0.15, 0.2) is 0 Å². The van der Waals surface area contributed by atoms with Gasteiger partial charge in [-0.25, -0.2) is 0 Å². The Morgan fingerprint density at radius 2 is 2.14 bits per heavy atom. The van der Waals surface area contributed by atoms with Gasteiger partial charge in [0, 0.05) is 10.6 Å². The van der Waals surface area contributed by atoms with Gasteiger partial charge in [0.05, 0.1) is 0 Å². The van der Waals surface area contributed by atoms with Gasteiger partial charge in [-0.15, -0.1) is 0 Å². The summed E-state index contributed by atoms with van der Waals surface area (Å²) in [6, 6.07) is 1.63. The van der Waals surface area contributed by atoms with E-state index in [0.29, 0.717) is 10.6 Å². The number of carboxylic acids is 1. The highest BCUT2D eigenvalue weighted by atomic mass is 35.5. The van der Waals surface area contributed by atoms with Crippen molar-refractivity contribution in [3.63, 3.8) is 0 Å². The fourth-order valence-corrected chi connectivity index (χ4v) is 1.41. The molecular weight excluding hydrogens is 206 g/mol. The standard InChI is InChI=1S/C9H10ClNO3/c1-4-2-5(10)3-6(8(4)12)7(11)9(13)14/h2-3,7,12H,11H2,1H3,(H,13,14). The Kier molecular flexibility index (Phi) is 2.98. The lowest BCUT2D eigenvalue weighted by atomic mass is 10.0. The minimum Gasteiger partial charge on any atom is -0.507 e. The third-order valence-electron chi connectivity index (χ3n) is 1.90. The lowest BCUT2D eigenvalue weighted by molar-refractivity contribution is -0.138. The van der Waals surface area contributed by atoms with Crippen LogP contribution in [0, 0.1) is 6.92 Å². The molecular formula is C9H10ClNO3. The Morgan fingerprint density at radius 3 is 2.64 bits per heavy atom. The number of phenolic OH excluding ortho intramolecular Hbond substituents is 1. The molecule has 4 N–H and O–H groups in total. The van der Waals surface area contributed by atoms with Gasteiger partial charge in [-0.2, -0.15) is 0 Å². The number of aryl methyl sites for hydroxylation is 1. The van der Waals surface area contributed by atoms with Gasteiger partial charge in [-0.1, -0.05) is 11.6 Å². The number of aromatic hydroxyl groups is 1. The lowest BCUT2D eigenvalue weighted by Crippen LogP contribution is -2.20. The maximum Gasteiger partial charge on any atom is 0.325 e. The summed E-state index contributed by atoms with van der Waals surface area (Å²) >= 11 is 5.71. The van der Waals surface area contributed by atoms with E-state index < -0.39 is 12.0 Å². The van der Waals surface area contributed by atoms with E-state index in [4.69, 9.17) is 22.4 Å². The maximum absolute atomic E-state index is 10.6. The van der Waals surface area contributed by atoms with Gasteiger partial charge in [0.1, 0.15) is 11.8 Å². The van der Waals surface area contributed by atoms with Crippen LogP contribution in [0.1, 0.15) is 17.2 Å². The molecule has 4 nitrogen and oxygen atoms in total. The highest BCUT2D eigenvalue weighted by Gasteiger charge is 2.19. The Labute approximate surface area is 85.9 Å². The van der Waals surface area contributed by atoms with Crippen LogP contribution < -0.4 is 5.73 Å². The molecule has 5 heteroatoms. The van der Waals surface area contributed by atoms with Crippen LogP contribution in [0.2, 0.25) is 5.02 Å². The van der Waals surface area contributed by atoms with Crippen LogP contribution in [-0.2, 0) is 4.79 Å². The third-order valence-corrected chi connectivity index (χ3v) is 2.11.